The van der Waals surface area contributed by atoms with E-state index in [4.69, 9.17) is 20.3 Å². The van der Waals surface area contributed by atoms with Crippen molar-refractivity contribution in [1.82, 2.24) is 19.5 Å². The molecule has 2 aromatic rings. The molecule has 3 heterocycles. The summed E-state index contributed by atoms with van der Waals surface area (Å²) in [7, 11) is -4.85. The minimum absolute atomic E-state index is 0.198. The van der Waals surface area contributed by atoms with Crippen molar-refractivity contribution in [2.45, 2.75) is 12.3 Å². The predicted molar refractivity (Wildman–Crippen MR) is 69.8 cm³/mol. The molecule has 21 heavy (non-hydrogen) atoms. The molecule has 0 aliphatic carbocycles. The molecular weight excluding hydrogens is 301 g/mol. The predicted octanol–water partition coefficient (Wildman–Crippen LogP) is -0.434. The Morgan fingerprint density at radius 3 is 2.81 bits per heavy atom. The first kappa shape index (κ1) is 13.8. The summed E-state index contributed by atoms with van der Waals surface area (Å²) < 4.78 is 17.7. The van der Waals surface area contributed by atoms with Crippen molar-refractivity contribution in [3.63, 3.8) is 0 Å². The van der Waals surface area contributed by atoms with E-state index in [0.717, 1.165) is 0 Å². The molecule has 11 heteroatoms. The number of nitrogen functional groups attached to an aromatic ring is 1. The van der Waals surface area contributed by atoms with Crippen LogP contribution in [0.5, 0.6) is 0 Å². The van der Waals surface area contributed by atoms with Crippen molar-refractivity contribution in [2.24, 2.45) is 0 Å². The van der Waals surface area contributed by atoms with Gasteiger partial charge in [-0.1, -0.05) is 0 Å². The molecule has 0 aromatic carbocycles. The van der Waals surface area contributed by atoms with Crippen LogP contribution in [0.2, 0.25) is 0 Å². The summed E-state index contributed by atoms with van der Waals surface area (Å²) in [6, 6.07) is 0. The second-order valence-corrected chi connectivity index (χ2v) is 5.83. The van der Waals surface area contributed by atoms with Gasteiger partial charge in [0.15, 0.2) is 17.7 Å². The lowest BCUT2D eigenvalue weighted by Gasteiger charge is -2.15. The fraction of sp³-hybridized carbons (Fsp3) is 0.200. The Morgan fingerprint density at radius 2 is 2.10 bits per heavy atom. The molecule has 110 valence electrons. The number of nitrogens with zero attached hydrogens (tertiary/aromatic N) is 4. The van der Waals surface area contributed by atoms with Gasteiger partial charge >= 0.3 is 7.60 Å². The van der Waals surface area contributed by atoms with E-state index < -0.39 is 25.5 Å². The van der Waals surface area contributed by atoms with Gasteiger partial charge in [-0.25, -0.2) is 15.0 Å². The second kappa shape index (κ2) is 4.71. The highest BCUT2D eigenvalue weighted by Crippen LogP contribution is 2.40. The Balaban J connectivity index is 1.90. The highest BCUT2D eigenvalue weighted by molar-refractivity contribution is 7.70. The fourth-order valence-corrected chi connectivity index (χ4v) is 2.44. The molecule has 1 aliphatic heterocycles. The summed E-state index contributed by atoms with van der Waals surface area (Å²) in [5.41, 5.74) is 5.13. The third-order valence-corrected chi connectivity index (χ3v) is 3.76. The zero-order valence-electron chi connectivity index (χ0n) is 10.4. The van der Waals surface area contributed by atoms with Crippen molar-refractivity contribution in [3.05, 3.63) is 24.8 Å². The van der Waals surface area contributed by atoms with E-state index in [2.05, 4.69) is 15.0 Å². The first-order valence-electron chi connectivity index (χ1n) is 5.74. The van der Waals surface area contributed by atoms with E-state index in [1.165, 1.54) is 29.4 Å². The lowest BCUT2D eigenvalue weighted by Crippen LogP contribution is -2.21. The van der Waals surface area contributed by atoms with E-state index in [1.54, 1.807) is 0 Å². The molecule has 0 amide bonds. The van der Waals surface area contributed by atoms with E-state index in [1.807, 2.05) is 0 Å². The molecule has 3 rings (SSSR count). The van der Waals surface area contributed by atoms with E-state index in [-0.39, 0.29) is 5.82 Å². The summed E-state index contributed by atoms with van der Waals surface area (Å²) in [6.07, 6.45) is 3.35. The fourth-order valence-electron chi connectivity index (χ4n) is 1.96. The van der Waals surface area contributed by atoms with Crippen LogP contribution in [0.1, 0.15) is 6.23 Å². The van der Waals surface area contributed by atoms with Gasteiger partial charge in [0, 0.05) is 0 Å². The van der Waals surface area contributed by atoms with Crippen LogP contribution in [0, 0.1) is 0 Å². The van der Waals surface area contributed by atoms with Gasteiger partial charge in [0.2, 0.25) is 0 Å². The maximum absolute atomic E-state index is 11.5. The maximum atomic E-state index is 11.5. The monoisotopic (exact) mass is 311 g/mol. The van der Waals surface area contributed by atoms with Crippen LogP contribution in [-0.4, -0.2) is 40.9 Å². The summed E-state index contributed by atoms with van der Waals surface area (Å²) >= 11 is 0. The van der Waals surface area contributed by atoms with Crippen LogP contribution in [0.15, 0.2) is 24.8 Å². The molecule has 0 bridgehead atoms. The van der Waals surface area contributed by atoms with Crippen LogP contribution >= 0.6 is 7.60 Å². The summed E-state index contributed by atoms with van der Waals surface area (Å²) in [4.78, 5) is 41.1. The average molecular weight is 311 g/mol. The quantitative estimate of drug-likeness (QED) is 0.505. The van der Waals surface area contributed by atoms with E-state index >= 15 is 0 Å². The molecule has 0 fully saturated rings. The van der Waals surface area contributed by atoms with Gasteiger partial charge in [-0.15, -0.1) is 0 Å². The number of imidazole rings is 1. The first-order chi connectivity index (χ1) is 9.88. The zero-order valence-corrected chi connectivity index (χ0v) is 11.3. The molecule has 0 radical (unpaired) electrons. The van der Waals surface area contributed by atoms with Crippen LogP contribution in [0.25, 0.3) is 11.2 Å². The molecule has 2 atom stereocenters. The first-order valence-corrected chi connectivity index (χ1v) is 7.36. The standard InChI is InChI=1S/C10H10N5O5P/c11-8-7-9(13-3-12-8)15(4-14-7)6-2-1-5(20-6)10(16)21(17,18)19/h1-6H,(H2,11,12,13)(H2,17,18,19). The van der Waals surface area contributed by atoms with Crippen molar-refractivity contribution in [1.29, 1.82) is 0 Å². The molecule has 1 aliphatic rings. The molecule has 10 nitrogen and oxygen atoms in total. The van der Waals surface area contributed by atoms with Crippen LogP contribution in [0.3, 0.4) is 0 Å². The third-order valence-electron chi connectivity index (χ3n) is 2.93. The number of anilines is 1. The van der Waals surface area contributed by atoms with Gasteiger partial charge in [-0.05, 0) is 12.2 Å². The number of carbonyl (C=O) groups excluding carboxylic acids is 1. The van der Waals surface area contributed by atoms with Crippen molar-refractivity contribution >= 4 is 30.1 Å². The molecule has 2 aromatic heterocycles. The van der Waals surface area contributed by atoms with Gasteiger partial charge < -0.3 is 20.3 Å². The number of aromatic nitrogens is 4. The molecule has 2 unspecified atom stereocenters. The highest BCUT2D eigenvalue weighted by Gasteiger charge is 2.37. The number of carbonyl (C=O) groups is 1. The minimum atomic E-state index is -4.85. The lowest BCUT2D eigenvalue weighted by molar-refractivity contribution is -0.123. The molecule has 0 spiro atoms. The summed E-state index contributed by atoms with van der Waals surface area (Å²) in [5, 5.41) is 0. The van der Waals surface area contributed by atoms with Gasteiger partial charge in [0.05, 0.1) is 6.33 Å². The third kappa shape index (κ3) is 2.34. The lowest BCUT2D eigenvalue weighted by atomic mass is 10.4. The van der Waals surface area contributed by atoms with E-state index in [0.29, 0.717) is 11.2 Å². The SMILES string of the molecule is Nc1ncnc2c1ncn2C1C=CC(C(=O)P(=O)(O)O)O1. The van der Waals surface area contributed by atoms with Gasteiger partial charge in [-0.2, -0.15) is 0 Å². The molecular formula is C10H10N5O5P. The van der Waals surface area contributed by atoms with E-state index in [9.17, 15) is 9.36 Å². The number of hydrogen-bond acceptors (Lipinski definition) is 7. The van der Waals surface area contributed by atoms with Gasteiger partial charge in [-0.3, -0.25) is 13.9 Å². The van der Waals surface area contributed by atoms with Gasteiger partial charge in [0.1, 0.15) is 17.9 Å². The summed E-state index contributed by atoms with van der Waals surface area (Å²) in [6.45, 7) is 0. The van der Waals surface area contributed by atoms with Crippen molar-refractivity contribution in [3.8, 4) is 0 Å². The van der Waals surface area contributed by atoms with Gasteiger partial charge in [0.25, 0.3) is 5.52 Å². The average Bonchev–Trinajstić information content (AvgIpc) is 3.03. The normalized spacial score (nSPS) is 22.0. The minimum Gasteiger partial charge on any atom is -0.382 e. The second-order valence-electron chi connectivity index (χ2n) is 4.30. The van der Waals surface area contributed by atoms with Crippen LogP contribution in [0.4, 0.5) is 5.82 Å². The maximum Gasteiger partial charge on any atom is 0.394 e. The Hall–Kier alpha value is -2.13. The molecule has 0 saturated carbocycles. The number of nitrogens with two attached hydrogens (primary N) is 1. The van der Waals surface area contributed by atoms with Crippen molar-refractivity contribution < 1.29 is 23.9 Å². The largest absolute Gasteiger partial charge is 0.394 e. The Morgan fingerprint density at radius 1 is 1.33 bits per heavy atom. The Bertz CT molecular complexity index is 796. The number of fused-ring (bicyclic) bond motifs is 1. The highest BCUT2D eigenvalue weighted by atomic mass is 31.2. The smallest absolute Gasteiger partial charge is 0.382 e. The van der Waals surface area contributed by atoms with Crippen LogP contribution in [-0.2, 0) is 14.1 Å². The topological polar surface area (TPSA) is 153 Å². The Kier molecular flexibility index (Phi) is 3.10. The zero-order chi connectivity index (χ0) is 15.2. The summed E-state index contributed by atoms with van der Waals surface area (Å²) in [5.74, 6) is 0.198. The number of hydrogen-bond donors (Lipinski definition) is 3. The molecule has 0 saturated heterocycles. The number of rotatable bonds is 3. The van der Waals surface area contributed by atoms with Crippen LogP contribution < -0.4 is 5.73 Å². The molecule has 4 N–H and O–H groups in total. The van der Waals surface area contributed by atoms with Crippen molar-refractivity contribution in [2.75, 3.05) is 5.73 Å². The Labute approximate surface area is 117 Å². The number of ether oxygens (including phenoxy) is 1.